The van der Waals surface area contributed by atoms with Gasteiger partial charge in [0.2, 0.25) is 0 Å². The van der Waals surface area contributed by atoms with Gasteiger partial charge in [0.25, 0.3) is 0 Å². The van der Waals surface area contributed by atoms with Crippen molar-refractivity contribution in [3.63, 3.8) is 0 Å². The molecule has 3 nitrogen and oxygen atoms in total. The van der Waals surface area contributed by atoms with Crippen LogP contribution in [0.15, 0.2) is 156 Å². The molecule has 0 aliphatic rings. The number of aryl methyl sites for hydroxylation is 4. The molecule has 0 spiro atoms. The molecule has 0 bridgehead atoms. The molecule has 0 unspecified atom stereocenters. The summed E-state index contributed by atoms with van der Waals surface area (Å²) in [6.45, 7) is -4.51. The zero-order valence-electron chi connectivity index (χ0n) is 46.6. The summed E-state index contributed by atoms with van der Waals surface area (Å²) in [6, 6.07) is 47.2. The first-order valence-electron chi connectivity index (χ1n) is 25.8. The van der Waals surface area contributed by atoms with Gasteiger partial charge in [-0.3, -0.25) is 0 Å². The molecular formula is C55H48IrN2O-2. The van der Waals surface area contributed by atoms with Crippen LogP contribution >= 0.6 is 0 Å². The van der Waals surface area contributed by atoms with Crippen molar-refractivity contribution in [2.24, 2.45) is 5.41 Å². The number of rotatable bonds is 6. The Morgan fingerprint density at radius 2 is 1.32 bits per heavy atom. The molecule has 1 radical (unpaired) electrons. The van der Waals surface area contributed by atoms with Crippen LogP contribution in [0.3, 0.4) is 0 Å². The number of hydrogen-bond donors (Lipinski definition) is 0. The summed E-state index contributed by atoms with van der Waals surface area (Å²) in [5.41, 5.74) is 6.34. The van der Waals surface area contributed by atoms with Crippen LogP contribution in [0, 0.1) is 45.0 Å². The van der Waals surface area contributed by atoms with E-state index in [-0.39, 0.29) is 59.0 Å². The van der Waals surface area contributed by atoms with E-state index >= 15 is 0 Å². The molecule has 3 aromatic heterocycles. The Bertz CT molecular complexity index is 3410. The van der Waals surface area contributed by atoms with Gasteiger partial charge < -0.3 is 14.4 Å². The molecule has 0 fully saturated rings. The van der Waals surface area contributed by atoms with Gasteiger partial charge >= 0.3 is 0 Å². The first-order chi connectivity index (χ1) is 33.6. The molecule has 9 aromatic rings. The van der Waals surface area contributed by atoms with E-state index in [0.29, 0.717) is 39.2 Å². The molecule has 0 aliphatic heterocycles. The second kappa shape index (κ2) is 17.5. The van der Waals surface area contributed by atoms with E-state index in [0.717, 1.165) is 27.5 Å². The van der Waals surface area contributed by atoms with Crippen molar-refractivity contribution in [3.05, 3.63) is 192 Å². The van der Waals surface area contributed by atoms with E-state index < -0.39 is 39.2 Å². The van der Waals surface area contributed by atoms with Crippen molar-refractivity contribution < 1.29 is 43.7 Å². The fourth-order valence-electron chi connectivity index (χ4n) is 6.95. The third-order valence-corrected chi connectivity index (χ3v) is 9.61. The molecule has 9 rings (SSSR count). The SMILES string of the molecule is [2H]C([2H])([2H])c1ccc(-c2[c-]cc(C([2H])([2H])[2H])c(-c3ccccc3)c2)nc1.[2H]C([2H])([2H])c1cnc(-c2[c-]ccc3c2oc2c(-c4ccccc4)cccc23)cc1-c1ccc(C([2H])([2H])C(C)(C)C)cc1C([2H])([2H])[2H].[Ir]. The third-order valence-electron chi connectivity index (χ3n) is 9.61. The molecule has 295 valence electrons. The smallest absolute Gasteiger partial charge is 0.128 e. The van der Waals surface area contributed by atoms with Gasteiger partial charge in [-0.05, 0) is 88.2 Å². The summed E-state index contributed by atoms with van der Waals surface area (Å²) in [6.07, 6.45) is 0.719. The van der Waals surface area contributed by atoms with Crippen LogP contribution in [0.5, 0.6) is 0 Å². The average molecular weight is 959 g/mol. The monoisotopic (exact) mass is 959 g/mol. The number of furan rings is 1. The first kappa shape index (κ1) is 26.9. The standard InChI is InChI=1S/C36H32NO.C19H16N.Ir/c1-23-19-25(21-36(3,4)5)17-18-27(23)32-20-33(37-22-24(32)2)31-16-10-15-30-29-14-9-13-28(34(29)38-35(30)31)26-11-7-6-8-12-26;1-14-8-11-19(20-13-14)17-10-9-15(2)18(12-17)16-6-4-3-5-7-16;/h6-15,17-20,22H,21H2,1-5H3;3-9,11-13H,1-2H3;/q2*-1;/i1D3,2D3,21D2;1D3,2D3;. The van der Waals surface area contributed by atoms with Gasteiger partial charge in [-0.25, -0.2) is 0 Å². The van der Waals surface area contributed by atoms with Crippen LogP contribution < -0.4 is 0 Å². The minimum Gasteiger partial charge on any atom is -0.500 e. The molecule has 3 heterocycles. The maximum absolute atomic E-state index is 8.74. The van der Waals surface area contributed by atoms with E-state index in [2.05, 4.69) is 22.1 Å². The largest absolute Gasteiger partial charge is 0.500 e. The number of para-hydroxylation sites is 1. The predicted octanol–water partition coefficient (Wildman–Crippen LogP) is 14.8. The van der Waals surface area contributed by atoms with Crippen LogP contribution in [0.25, 0.3) is 77.8 Å². The van der Waals surface area contributed by atoms with Crippen LogP contribution in [0.4, 0.5) is 0 Å². The van der Waals surface area contributed by atoms with E-state index in [1.165, 1.54) is 42.7 Å². The van der Waals surface area contributed by atoms with E-state index in [1.807, 2.05) is 84.9 Å². The van der Waals surface area contributed by atoms with Crippen LogP contribution in [0.1, 0.15) is 67.8 Å². The number of benzene rings is 6. The second-order valence-corrected chi connectivity index (χ2v) is 15.0. The van der Waals surface area contributed by atoms with E-state index in [9.17, 15) is 0 Å². The molecule has 0 saturated carbocycles. The Labute approximate surface area is 382 Å². The summed E-state index contributed by atoms with van der Waals surface area (Å²) in [5, 5.41) is 1.74. The van der Waals surface area contributed by atoms with Gasteiger partial charge in [-0.2, -0.15) is 0 Å². The summed E-state index contributed by atoms with van der Waals surface area (Å²) in [7, 11) is 0. The summed E-state index contributed by atoms with van der Waals surface area (Å²) in [5.74, 6) is 0. The van der Waals surface area contributed by atoms with Crippen molar-refractivity contribution in [2.45, 2.75) is 54.6 Å². The third kappa shape index (κ3) is 9.05. The maximum atomic E-state index is 8.74. The van der Waals surface area contributed by atoms with Gasteiger partial charge in [-0.1, -0.05) is 159 Å². The van der Waals surface area contributed by atoms with Crippen molar-refractivity contribution in [2.75, 3.05) is 0 Å². The Kier molecular flexibility index (Phi) is 8.00. The minimum absolute atomic E-state index is 0. The molecular weight excluding hydrogens is 897 g/mol. The van der Waals surface area contributed by atoms with Crippen molar-refractivity contribution in [3.8, 4) is 55.9 Å². The average Bonchev–Trinajstić information content (AvgIpc) is 3.72. The number of pyridine rings is 2. The zero-order chi connectivity index (χ0) is 52.2. The number of nitrogens with zero attached hydrogens (tertiary/aromatic N) is 2. The molecule has 0 N–H and O–H groups in total. The van der Waals surface area contributed by atoms with Crippen molar-refractivity contribution in [1.82, 2.24) is 9.97 Å². The molecule has 0 amide bonds. The second-order valence-electron chi connectivity index (χ2n) is 15.0. The molecule has 6 aromatic carbocycles. The summed E-state index contributed by atoms with van der Waals surface area (Å²) < 4.78 is 119. The predicted molar refractivity (Wildman–Crippen MR) is 243 cm³/mol. The first-order valence-corrected chi connectivity index (χ1v) is 18.8. The zero-order valence-corrected chi connectivity index (χ0v) is 35.0. The van der Waals surface area contributed by atoms with Crippen molar-refractivity contribution in [1.29, 1.82) is 0 Å². The molecule has 0 saturated heterocycles. The Hall–Kier alpha value is -5.93. The van der Waals surface area contributed by atoms with Gasteiger partial charge in [0.15, 0.2) is 0 Å². The van der Waals surface area contributed by atoms with Crippen LogP contribution in [0.2, 0.25) is 0 Å². The number of aromatic nitrogens is 2. The van der Waals surface area contributed by atoms with E-state index in [1.54, 1.807) is 45.0 Å². The van der Waals surface area contributed by atoms with Crippen LogP contribution in [-0.4, -0.2) is 9.97 Å². The minimum atomic E-state index is -2.66. The maximum Gasteiger partial charge on any atom is 0.128 e. The fourth-order valence-corrected chi connectivity index (χ4v) is 6.95. The topological polar surface area (TPSA) is 38.9 Å². The Balaban J connectivity index is 0.000000245. The Morgan fingerprint density at radius 3 is 2.02 bits per heavy atom. The molecule has 0 aliphatic carbocycles. The molecule has 4 heteroatoms. The molecule has 0 atom stereocenters. The van der Waals surface area contributed by atoms with Crippen molar-refractivity contribution >= 4 is 21.9 Å². The normalized spacial score (nSPS) is 15.8. The van der Waals surface area contributed by atoms with Gasteiger partial charge in [0.1, 0.15) is 5.58 Å². The van der Waals surface area contributed by atoms with Crippen LogP contribution in [-0.2, 0) is 26.5 Å². The molecule has 59 heavy (non-hydrogen) atoms. The number of fused-ring (bicyclic) bond motifs is 3. The summed E-state index contributed by atoms with van der Waals surface area (Å²) in [4.78, 5) is 8.74. The van der Waals surface area contributed by atoms with Gasteiger partial charge in [0.05, 0.1) is 5.58 Å². The Morgan fingerprint density at radius 1 is 0.593 bits per heavy atom. The van der Waals surface area contributed by atoms with Gasteiger partial charge in [0, 0.05) is 62.6 Å². The van der Waals surface area contributed by atoms with Gasteiger partial charge in [-0.15, -0.1) is 47.5 Å². The van der Waals surface area contributed by atoms with E-state index in [4.69, 9.17) is 23.6 Å². The fraction of sp³-hybridized carbons (Fsp3) is 0.164. The quantitative estimate of drug-likeness (QED) is 0.156. The number of hydrogen-bond acceptors (Lipinski definition) is 3. The summed E-state index contributed by atoms with van der Waals surface area (Å²) >= 11 is 0.